The Hall–Kier alpha value is -0.650. The van der Waals surface area contributed by atoms with E-state index >= 15 is 0 Å². The third-order valence-electron chi connectivity index (χ3n) is 3.70. The molecule has 2 heterocycles. The summed E-state index contributed by atoms with van der Waals surface area (Å²) in [5.74, 6) is 0.0994. The number of amides is 1. The van der Waals surface area contributed by atoms with Crippen LogP contribution < -0.4 is 10.6 Å². The molecule has 2 fully saturated rings. The van der Waals surface area contributed by atoms with Gasteiger partial charge in [0.2, 0.25) is 5.91 Å². The van der Waals surface area contributed by atoms with Crippen molar-refractivity contribution >= 4 is 5.91 Å². The predicted octanol–water partition coefficient (Wildman–Crippen LogP) is -0.359. The zero-order valence-corrected chi connectivity index (χ0v) is 10.3. The Bertz CT molecular complexity index is 272. The van der Waals surface area contributed by atoms with E-state index in [9.17, 15) is 9.90 Å². The Kier molecular flexibility index (Phi) is 4.36. The van der Waals surface area contributed by atoms with E-state index in [1.54, 1.807) is 0 Å². The van der Waals surface area contributed by atoms with Crippen LogP contribution in [0.5, 0.6) is 0 Å². The molecular weight excluding hydrogens is 220 g/mol. The summed E-state index contributed by atoms with van der Waals surface area (Å²) < 4.78 is 5.62. The molecular formula is C12H22N2O3. The number of aliphatic hydroxyl groups excluding tert-OH is 1. The van der Waals surface area contributed by atoms with Crippen LogP contribution in [0.25, 0.3) is 0 Å². The summed E-state index contributed by atoms with van der Waals surface area (Å²) in [5.41, 5.74) is 0. The highest BCUT2D eigenvalue weighted by Crippen LogP contribution is 2.21. The minimum atomic E-state index is -0.344. The molecule has 98 valence electrons. The lowest BCUT2D eigenvalue weighted by molar-refractivity contribution is -0.132. The van der Waals surface area contributed by atoms with Gasteiger partial charge < -0.3 is 20.5 Å². The zero-order valence-electron chi connectivity index (χ0n) is 10.3. The number of hydrogen-bond donors (Lipinski definition) is 3. The van der Waals surface area contributed by atoms with Gasteiger partial charge in [0.1, 0.15) is 6.10 Å². The van der Waals surface area contributed by atoms with E-state index in [1.165, 1.54) is 0 Å². The molecule has 0 radical (unpaired) electrons. The number of nitrogens with one attached hydrogen (secondary N) is 2. The van der Waals surface area contributed by atoms with Crippen molar-refractivity contribution in [3.05, 3.63) is 0 Å². The molecule has 0 aromatic carbocycles. The lowest BCUT2D eigenvalue weighted by atomic mass is 10.1. The van der Waals surface area contributed by atoms with Crippen molar-refractivity contribution < 1.29 is 14.6 Å². The van der Waals surface area contributed by atoms with Gasteiger partial charge in [-0.15, -0.1) is 0 Å². The van der Waals surface area contributed by atoms with E-state index in [-0.39, 0.29) is 30.1 Å². The van der Waals surface area contributed by atoms with Crippen LogP contribution in [0.2, 0.25) is 0 Å². The van der Waals surface area contributed by atoms with Gasteiger partial charge in [-0.3, -0.25) is 4.79 Å². The van der Waals surface area contributed by atoms with Crippen LogP contribution in [0.4, 0.5) is 0 Å². The molecule has 3 N–H and O–H groups in total. The van der Waals surface area contributed by atoms with Crippen molar-refractivity contribution in [1.29, 1.82) is 0 Å². The minimum absolute atomic E-state index is 0.0277. The maximum atomic E-state index is 11.8. The number of hydrogen-bond acceptors (Lipinski definition) is 4. The predicted molar refractivity (Wildman–Crippen MR) is 63.6 cm³/mol. The van der Waals surface area contributed by atoms with Crippen molar-refractivity contribution in [1.82, 2.24) is 10.6 Å². The molecule has 4 unspecified atom stereocenters. The average Bonchev–Trinajstić information content (AvgIpc) is 2.94. The van der Waals surface area contributed by atoms with Crippen molar-refractivity contribution in [3.63, 3.8) is 0 Å². The third kappa shape index (κ3) is 3.18. The first-order chi connectivity index (χ1) is 8.20. The second-order valence-corrected chi connectivity index (χ2v) is 4.96. The van der Waals surface area contributed by atoms with Crippen LogP contribution in [-0.4, -0.2) is 49.0 Å². The monoisotopic (exact) mass is 242 g/mol. The minimum Gasteiger partial charge on any atom is -0.391 e. The standard InChI is InChI=1S/C12H22N2O3/c1-2-9-3-4-11(17-9)12(16)14-6-8-5-13-7-10(8)15/h8-11,13,15H,2-7H2,1H3,(H,14,16). The Morgan fingerprint density at radius 2 is 2.29 bits per heavy atom. The molecule has 2 aliphatic rings. The average molecular weight is 242 g/mol. The van der Waals surface area contributed by atoms with E-state index in [0.29, 0.717) is 13.1 Å². The Labute approximate surface area is 102 Å². The summed E-state index contributed by atoms with van der Waals surface area (Å²) in [7, 11) is 0. The molecule has 1 amide bonds. The van der Waals surface area contributed by atoms with E-state index < -0.39 is 0 Å². The van der Waals surface area contributed by atoms with Crippen LogP contribution in [0.15, 0.2) is 0 Å². The summed E-state index contributed by atoms with van der Waals surface area (Å²) in [4.78, 5) is 11.8. The molecule has 0 aliphatic carbocycles. The normalized spacial score (nSPS) is 37.3. The largest absolute Gasteiger partial charge is 0.391 e. The second-order valence-electron chi connectivity index (χ2n) is 4.96. The van der Waals surface area contributed by atoms with Gasteiger partial charge in [-0.1, -0.05) is 6.92 Å². The molecule has 4 atom stereocenters. The number of rotatable bonds is 4. The molecule has 0 saturated carbocycles. The lowest BCUT2D eigenvalue weighted by Gasteiger charge is -2.17. The highest BCUT2D eigenvalue weighted by Gasteiger charge is 2.31. The fourth-order valence-electron chi connectivity index (χ4n) is 2.47. The van der Waals surface area contributed by atoms with Crippen LogP contribution in [0.1, 0.15) is 26.2 Å². The molecule has 5 nitrogen and oxygen atoms in total. The zero-order chi connectivity index (χ0) is 12.3. The van der Waals surface area contributed by atoms with Gasteiger partial charge in [0, 0.05) is 25.6 Å². The number of β-amino-alcohol motifs (C(OH)–C–C–N with tert-alkyl or cyclic N) is 1. The Morgan fingerprint density at radius 1 is 1.47 bits per heavy atom. The van der Waals surface area contributed by atoms with Crippen LogP contribution >= 0.6 is 0 Å². The molecule has 2 rings (SSSR count). The van der Waals surface area contributed by atoms with Gasteiger partial charge in [-0.2, -0.15) is 0 Å². The first kappa shape index (κ1) is 12.8. The van der Waals surface area contributed by atoms with Crippen LogP contribution in [0, 0.1) is 5.92 Å². The maximum Gasteiger partial charge on any atom is 0.249 e. The first-order valence-corrected chi connectivity index (χ1v) is 6.52. The Morgan fingerprint density at radius 3 is 2.88 bits per heavy atom. The van der Waals surface area contributed by atoms with Gasteiger partial charge in [0.05, 0.1) is 12.2 Å². The number of carbonyl (C=O) groups excluding carboxylic acids is 1. The van der Waals surface area contributed by atoms with Crippen LogP contribution in [0.3, 0.4) is 0 Å². The quantitative estimate of drug-likeness (QED) is 0.629. The summed E-state index contributed by atoms with van der Waals surface area (Å²) >= 11 is 0. The van der Waals surface area contributed by atoms with Gasteiger partial charge in [-0.25, -0.2) is 0 Å². The number of aliphatic hydroxyl groups is 1. The topological polar surface area (TPSA) is 70.6 Å². The molecule has 17 heavy (non-hydrogen) atoms. The summed E-state index contributed by atoms with van der Waals surface area (Å²) in [6.45, 7) is 4.00. The molecule has 0 aromatic rings. The summed E-state index contributed by atoms with van der Waals surface area (Å²) in [6, 6.07) is 0. The highest BCUT2D eigenvalue weighted by atomic mass is 16.5. The molecule has 0 bridgehead atoms. The molecule has 0 aromatic heterocycles. The van der Waals surface area contributed by atoms with Gasteiger partial charge in [0.25, 0.3) is 0 Å². The SMILES string of the molecule is CCC1CCC(C(=O)NCC2CNCC2O)O1. The molecule has 0 spiro atoms. The van der Waals surface area contributed by atoms with E-state index in [1.807, 2.05) is 0 Å². The molecule has 5 heteroatoms. The molecule has 2 aliphatic heterocycles. The second kappa shape index (κ2) is 5.80. The van der Waals surface area contributed by atoms with Crippen molar-refractivity contribution in [2.45, 2.75) is 44.5 Å². The van der Waals surface area contributed by atoms with Crippen LogP contribution in [-0.2, 0) is 9.53 Å². The first-order valence-electron chi connectivity index (χ1n) is 6.52. The smallest absolute Gasteiger partial charge is 0.249 e. The van der Waals surface area contributed by atoms with Crippen molar-refractivity contribution in [2.75, 3.05) is 19.6 Å². The van der Waals surface area contributed by atoms with E-state index in [2.05, 4.69) is 17.6 Å². The van der Waals surface area contributed by atoms with E-state index in [0.717, 1.165) is 25.8 Å². The van der Waals surface area contributed by atoms with E-state index in [4.69, 9.17) is 4.74 Å². The lowest BCUT2D eigenvalue weighted by Crippen LogP contribution is -2.40. The summed E-state index contributed by atoms with van der Waals surface area (Å²) in [6.07, 6.45) is 2.37. The molecule has 2 saturated heterocycles. The van der Waals surface area contributed by atoms with Crippen molar-refractivity contribution in [3.8, 4) is 0 Å². The highest BCUT2D eigenvalue weighted by molar-refractivity contribution is 5.81. The maximum absolute atomic E-state index is 11.8. The Balaban J connectivity index is 1.70. The third-order valence-corrected chi connectivity index (χ3v) is 3.70. The number of carbonyl (C=O) groups is 1. The number of ether oxygens (including phenoxy) is 1. The van der Waals surface area contributed by atoms with Gasteiger partial charge in [-0.05, 0) is 19.3 Å². The van der Waals surface area contributed by atoms with Gasteiger partial charge in [0.15, 0.2) is 0 Å². The fourth-order valence-corrected chi connectivity index (χ4v) is 2.47. The van der Waals surface area contributed by atoms with Gasteiger partial charge >= 0.3 is 0 Å². The van der Waals surface area contributed by atoms with Crippen molar-refractivity contribution in [2.24, 2.45) is 5.92 Å². The summed E-state index contributed by atoms with van der Waals surface area (Å²) in [5, 5.41) is 15.6. The fraction of sp³-hybridized carbons (Fsp3) is 0.917.